The van der Waals surface area contributed by atoms with Gasteiger partial charge in [0.25, 0.3) is 0 Å². The molecular weight excluding hydrogens is 152 g/mol. The number of nitrogens with zero attached hydrogens (tertiary/aromatic N) is 4. The molecule has 0 saturated carbocycles. The maximum absolute atomic E-state index is 4.13. The number of hydrogen-bond donors (Lipinski definition) is 0. The van der Waals surface area contributed by atoms with Crippen LogP contribution in [0.5, 0.6) is 0 Å². The lowest BCUT2D eigenvalue weighted by Gasteiger charge is -1.91. The normalized spacial score (nSPS) is 15.3. The van der Waals surface area contributed by atoms with Gasteiger partial charge < -0.3 is 0 Å². The Morgan fingerprint density at radius 3 is 3.00 bits per heavy atom. The van der Waals surface area contributed by atoms with E-state index >= 15 is 0 Å². The number of rotatable bonds is 0. The van der Waals surface area contributed by atoms with E-state index < -0.39 is 0 Å². The van der Waals surface area contributed by atoms with Crippen LogP contribution in [-0.2, 0) is 0 Å². The van der Waals surface area contributed by atoms with Gasteiger partial charge in [0.2, 0.25) is 0 Å². The van der Waals surface area contributed by atoms with Gasteiger partial charge in [0.15, 0.2) is 0 Å². The second-order valence-corrected chi connectivity index (χ2v) is 2.58. The molecule has 0 spiro atoms. The second-order valence-electron chi connectivity index (χ2n) is 2.58. The molecule has 0 fully saturated rings. The fourth-order valence-electron chi connectivity index (χ4n) is 1.34. The lowest BCUT2D eigenvalue weighted by molar-refractivity contribution is 1.18. The Balaban J connectivity index is 2.57. The second kappa shape index (κ2) is 1.85. The molecule has 12 heavy (non-hydrogen) atoms. The van der Waals surface area contributed by atoms with E-state index in [1.807, 2.05) is 12.1 Å². The lowest BCUT2D eigenvalue weighted by atomic mass is 10.2. The summed E-state index contributed by atoms with van der Waals surface area (Å²) >= 11 is 0. The molecule has 4 nitrogen and oxygen atoms in total. The quantitative estimate of drug-likeness (QED) is 0.505. The zero-order chi connectivity index (χ0) is 7.97. The van der Waals surface area contributed by atoms with Crippen LogP contribution in [-0.4, -0.2) is 12.6 Å². The minimum absolute atomic E-state index is 0.878. The first-order valence-corrected chi connectivity index (χ1v) is 3.59. The fraction of sp³-hybridized carbons (Fsp3) is 0. The first-order chi connectivity index (χ1) is 5.95. The van der Waals surface area contributed by atoms with Crippen molar-refractivity contribution < 1.29 is 0 Å². The molecule has 4 heteroatoms. The summed E-state index contributed by atoms with van der Waals surface area (Å²) < 4.78 is 0. The predicted octanol–water partition coefficient (Wildman–Crippen LogP) is -0.0533. The van der Waals surface area contributed by atoms with Crippen LogP contribution in [0.1, 0.15) is 5.56 Å². The van der Waals surface area contributed by atoms with Crippen LogP contribution in [0.3, 0.4) is 0 Å². The predicted molar refractivity (Wildman–Crippen MR) is 44.5 cm³/mol. The fourth-order valence-corrected chi connectivity index (χ4v) is 1.34. The SMILES string of the molecule is C1=NN=c2ccc3c(c21)N=CN=3. The van der Waals surface area contributed by atoms with E-state index in [0.29, 0.717) is 0 Å². The summed E-state index contributed by atoms with van der Waals surface area (Å²) in [4.78, 5) is 8.21. The van der Waals surface area contributed by atoms with Crippen LogP contribution in [0.15, 0.2) is 32.3 Å². The Morgan fingerprint density at radius 1 is 1.08 bits per heavy atom. The highest BCUT2D eigenvalue weighted by atomic mass is 15.2. The molecule has 56 valence electrons. The molecule has 0 N–H and O–H groups in total. The highest BCUT2D eigenvalue weighted by Gasteiger charge is 2.09. The summed E-state index contributed by atoms with van der Waals surface area (Å²) in [7, 11) is 0. The van der Waals surface area contributed by atoms with Crippen LogP contribution >= 0.6 is 0 Å². The van der Waals surface area contributed by atoms with E-state index in [2.05, 4.69) is 20.2 Å². The van der Waals surface area contributed by atoms with Crippen molar-refractivity contribution in [1.82, 2.24) is 0 Å². The zero-order valence-corrected chi connectivity index (χ0v) is 6.10. The van der Waals surface area contributed by atoms with E-state index in [-0.39, 0.29) is 0 Å². The van der Waals surface area contributed by atoms with Gasteiger partial charge in [-0.2, -0.15) is 10.2 Å². The smallest absolute Gasteiger partial charge is 0.116 e. The summed E-state index contributed by atoms with van der Waals surface area (Å²) in [6.45, 7) is 0. The monoisotopic (exact) mass is 156 g/mol. The molecule has 0 unspecified atom stereocenters. The summed E-state index contributed by atoms with van der Waals surface area (Å²) in [5.74, 6) is 0. The highest BCUT2D eigenvalue weighted by Crippen LogP contribution is 2.11. The molecule has 0 radical (unpaired) electrons. The van der Waals surface area contributed by atoms with Gasteiger partial charge in [-0.05, 0) is 12.1 Å². The average molecular weight is 156 g/mol. The van der Waals surface area contributed by atoms with Gasteiger partial charge in [-0.3, -0.25) is 0 Å². The summed E-state index contributed by atoms with van der Waals surface area (Å²) in [6.07, 6.45) is 3.27. The number of fused-ring (bicyclic) bond motifs is 3. The van der Waals surface area contributed by atoms with Crippen LogP contribution < -0.4 is 10.7 Å². The molecule has 0 aromatic heterocycles. The molecule has 2 aliphatic rings. The van der Waals surface area contributed by atoms with Crippen LogP contribution in [0.25, 0.3) is 0 Å². The van der Waals surface area contributed by atoms with Crippen molar-refractivity contribution in [2.24, 2.45) is 20.2 Å². The topological polar surface area (TPSA) is 49.4 Å². The molecule has 2 heterocycles. The zero-order valence-electron chi connectivity index (χ0n) is 6.10. The summed E-state index contributed by atoms with van der Waals surface area (Å²) in [6, 6.07) is 3.80. The Labute approximate surface area is 67.7 Å². The van der Waals surface area contributed by atoms with Crippen molar-refractivity contribution in [3.05, 3.63) is 28.4 Å². The lowest BCUT2D eigenvalue weighted by Crippen LogP contribution is -2.11. The molecule has 0 atom stereocenters. The maximum Gasteiger partial charge on any atom is 0.116 e. The Morgan fingerprint density at radius 2 is 2.00 bits per heavy atom. The van der Waals surface area contributed by atoms with Crippen molar-refractivity contribution in [2.75, 3.05) is 0 Å². The third-order valence-electron chi connectivity index (χ3n) is 1.91. The van der Waals surface area contributed by atoms with E-state index in [1.165, 1.54) is 0 Å². The third-order valence-corrected chi connectivity index (χ3v) is 1.91. The van der Waals surface area contributed by atoms with Gasteiger partial charge in [0.1, 0.15) is 12.0 Å². The van der Waals surface area contributed by atoms with Crippen molar-refractivity contribution in [1.29, 1.82) is 0 Å². The highest BCUT2D eigenvalue weighted by molar-refractivity contribution is 5.89. The van der Waals surface area contributed by atoms with E-state index in [1.54, 1.807) is 12.6 Å². The van der Waals surface area contributed by atoms with Crippen LogP contribution in [0.4, 0.5) is 5.69 Å². The first kappa shape index (κ1) is 5.77. The van der Waals surface area contributed by atoms with Crippen LogP contribution in [0, 0.1) is 0 Å². The van der Waals surface area contributed by atoms with E-state index in [0.717, 1.165) is 22.0 Å². The molecule has 0 bridgehead atoms. The number of benzene rings is 1. The molecule has 1 aromatic carbocycles. The number of aliphatic imine (C=N–C) groups is 1. The molecule has 3 rings (SSSR count). The molecule has 0 saturated heterocycles. The maximum atomic E-state index is 4.13. The molecule has 0 aliphatic carbocycles. The third kappa shape index (κ3) is 0.567. The standard InChI is InChI=1S/C8H4N4/c1-2-7-8(10-4-9-7)5-3-11-12-6(1)5/h1-4H. The van der Waals surface area contributed by atoms with Crippen molar-refractivity contribution in [3.63, 3.8) is 0 Å². The minimum atomic E-state index is 0.878. The van der Waals surface area contributed by atoms with Gasteiger partial charge in [0, 0.05) is 0 Å². The minimum Gasteiger partial charge on any atom is -0.235 e. The van der Waals surface area contributed by atoms with Gasteiger partial charge in [-0.25, -0.2) is 9.98 Å². The van der Waals surface area contributed by atoms with Gasteiger partial charge in [-0.15, -0.1) is 0 Å². The molecular formula is C8H4N4. The van der Waals surface area contributed by atoms with Crippen LogP contribution in [0.2, 0.25) is 0 Å². The van der Waals surface area contributed by atoms with Crippen molar-refractivity contribution in [2.45, 2.75) is 0 Å². The summed E-state index contributed by atoms with van der Waals surface area (Å²) in [5.41, 5.74) is 1.86. The average Bonchev–Trinajstić information content (AvgIpc) is 2.71. The van der Waals surface area contributed by atoms with Gasteiger partial charge >= 0.3 is 0 Å². The van der Waals surface area contributed by atoms with Crippen molar-refractivity contribution in [3.8, 4) is 0 Å². The summed E-state index contributed by atoms with van der Waals surface area (Å²) in [5, 5.41) is 9.52. The Bertz CT molecular complexity index is 476. The molecule has 1 aromatic rings. The molecule has 2 aliphatic heterocycles. The first-order valence-electron chi connectivity index (χ1n) is 3.59. The number of hydrogen-bond acceptors (Lipinski definition) is 4. The van der Waals surface area contributed by atoms with Gasteiger partial charge in [-0.1, -0.05) is 0 Å². The Kier molecular flexibility index (Phi) is 0.889. The van der Waals surface area contributed by atoms with E-state index in [4.69, 9.17) is 0 Å². The van der Waals surface area contributed by atoms with Crippen molar-refractivity contribution >= 4 is 18.2 Å². The van der Waals surface area contributed by atoms with E-state index in [9.17, 15) is 0 Å². The Hall–Kier alpha value is -1.84. The van der Waals surface area contributed by atoms with Gasteiger partial charge in [0.05, 0.1) is 22.5 Å². The molecule has 0 amide bonds. The largest absolute Gasteiger partial charge is 0.235 e.